The van der Waals surface area contributed by atoms with E-state index in [1.54, 1.807) is 0 Å². The quantitative estimate of drug-likeness (QED) is 0.0321. The normalized spacial score (nSPS) is 13.5. The second-order valence-electron chi connectivity index (χ2n) is 18.7. The average molecular weight is 884 g/mol. The van der Waals surface area contributed by atoms with Crippen LogP contribution in [0, 0.1) is 0 Å². The number of aliphatic hydroxyl groups is 2. The summed E-state index contributed by atoms with van der Waals surface area (Å²) in [6, 6.07) is -0.718. The Morgan fingerprint density at radius 2 is 0.810 bits per heavy atom. The number of carbonyl (C=O) groups excluding carboxylic acids is 2. The number of esters is 1. The van der Waals surface area contributed by atoms with Crippen molar-refractivity contribution in [1.82, 2.24) is 5.32 Å². The Morgan fingerprint density at radius 3 is 1.24 bits per heavy atom. The second kappa shape index (κ2) is 50.8. The van der Waals surface area contributed by atoms with E-state index in [0.717, 1.165) is 64.2 Å². The summed E-state index contributed by atoms with van der Waals surface area (Å²) in [5, 5.41) is 23.8. The second-order valence-corrected chi connectivity index (χ2v) is 18.7. The number of rotatable bonds is 49. The summed E-state index contributed by atoms with van der Waals surface area (Å²) in [4.78, 5) is 26.2. The van der Waals surface area contributed by atoms with Gasteiger partial charge in [-0.25, -0.2) is 0 Å². The molecule has 0 aliphatic carbocycles. The fraction of sp³-hybridized carbons (Fsp3) is 0.825. The van der Waals surface area contributed by atoms with Crippen LogP contribution in [0.4, 0.5) is 0 Å². The molecule has 6 nitrogen and oxygen atoms in total. The van der Waals surface area contributed by atoms with Crippen LogP contribution in [0.3, 0.4) is 0 Å². The van der Waals surface area contributed by atoms with Crippen molar-refractivity contribution in [2.75, 3.05) is 6.61 Å². The number of unbranched alkanes of at least 4 members (excludes halogenated alkanes) is 31. The van der Waals surface area contributed by atoms with Gasteiger partial charge in [0.25, 0.3) is 0 Å². The maximum absolute atomic E-state index is 13.2. The van der Waals surface area contributed by atoms with E-state index >= 15 is 0 Å². The molecule has 0 saturated carbocycles. The zero-order valence-corrected chi connectivity index (χ0v) is 42.0. The molecule has 0 aromatic rings. The third kappa shape index (κ3) is 46.2. The average Bonchev–Trinajstić information content (AvgIpc) is 3.28. The fourth-order valence-corrected chi connectivity index (χ4v) is 8.24. The lowest BCUT2D eigenvalue weighted by Crippen LogP contribution is -2.46. The van der Waals surface area contributed by atoms with Crippen molar-refractivity contribution in [2.45, 2.75) is 296 Å². The van der Waals surface area contributed by atoms with Crippen molar-refractivity contribution in [3.8, 4) is 0 Å². The predicted octanol–water partition coefficient (Wildman–Crippen LogP) is 16.6. The number of nitrogens with one attached hydrogen (secondary N) is 1. The van der Waals surface area contributed by atoms with Crippen LogP contribution in [0.2, 0.25) is 0 Å². The van der Waals surface area contributed by atoms with E-state index in [2.05, 4.69) is 74.7 Å². The highest BCUT2D eigenvalue weighted by Gasteiger charge is 2.24. The zero-order chi connectivity index (χ0) is 45.9. The Labute approximate surface area is 391 Å². The lowest BCUT2D eigenvalue weighted by molar-refractivity contribution is -0.151. The monoisotopic (exact) mass is 884 g/mol. The van der Waals surface area contributed by atoms with Gasteiger partial charge in [0.05, 0.1) is 25.2 Å². The Morgan fingerprint density at radius 1 is 0.460 bits per heavy atom. The molecule has 0 aromatic heterocycles. The van der Waals surface area contributed by atoms with Gasteiger partial charge >= 0.3 is 5.97 Å². The molecule has 368 valence electrons. The van der Waals surface area contributed by atoms with Gasteiger partial charge in [0.1, 0.15) is 6.10 Å². The van der Waals surface area contributed by atoms with Gasteiger partial charge in [0, 0.05) is 6.42 Å². The van der Waals surface area contributed by atoms with Gasteiger partial charge in [-0.15, -0.1) is 0 Å². The molecule has 0 saturated heterocycles. The standard InChI is InChI=1S/C57H105NO5/c1-4-7-10-13-16-19-22-25-28-31-34-37-40-43-46-49-55(60)54(52-59)58-56(61)51-53(48-45-42-39-36-33-30-27-24-21-18-15-12-9-6-3)63-57(62)50-47-44-41-38-35-32-29-26-23-20-17-14-11-8-5-2/h17,20,23,26,30,33,36,39,53-55,59-60H,4-16,18-19,21-22,24-25,27-29,31-32,34-35,37-38,40-52H2,1-3H3,(H,58,61)/b20-17+,26-23+,33-30+,39-36+. The van der Waals surface area contributed by atoms with E-state index < -0.39 is 18.2 Å². The molecule has 63 heavy (non-hydrogen) atoms. The number of hydrogen-bond acceptors (Lipinski definition) is 5. The first-order valence-electron chi connectivity index (χ1n) is 27.4. The van der Waals surface area contributed by atoms with Crippen LogP contribution in [0.25, 0.3) is 0 Å². The van der Waals surface area contributed by atoms with E-state index in [-0.39, 0.29) is 24.9 Å². The summed E-state index contributed by atoms with van der Waals surface area (Å²) in [6.07, 6.45) is 61.7. The van der Waals surface area contributed by atoms with Crippen LogP contribution in [0.5, 0.6) is 0 Å². The van der Waals surface area contributed by atoms with E-state index in [4.69, 9.17) is 4.74 Å². The highest BCUT2D eigenvalue weighted by Crippen LogP contribution is 2.17. The molecular weight excluding hydrogens is 779 g/mol. The minimum atomic E-state index is -0.801. The molecule has 0 spiro atoms. The SMILES string of the molecule is CCCCC/C=C/C=C/CCCCCCCCC(=O)OC(CCC/C=C/C=C/CCCCCCCCC)CC(=O)NC(CO)C(O)CCCCCCCCCCCCCCCCC. The number of allylic oxidation sites excluding steroid dienone is 8. The molecule has 0 aliphatic rings. The molecule has 0 heterocycles. The summed E-state index contributed by atoms with van der Waals surface area (Å²) < 4.78 is 5.91. The van der Waals surface area contributed by atoms with Crippen LogP contribution >= 0.6 is 0 Å². The minimum absolute atomic E-state index is 0.0407. The molecule has 3 unspecified atom stereocenters. The van der Waals surface area contributed by atoms with E-state index in [9.17, 15) is 19.8 Å². The molecular formula is C57H105NO5. The zero-order valence-electron chi connectivity index (χ0n) is 42.0. The summed E-state index contributed by atoms with van der Waals surface area (Å²) in [5.74, 6) is -0.527. The lowest BCUT2D eigenvalue weighted by Gasteiger charge is -2.24. The summed E-state index contributed by atoms with van der Waals surface area (Å²) in [6.45, 7) is 6.45. The number of amides is 1. The first kappa shape index (κ1) is 60.8. The van der Waals surface area contributed by atoms with Crippen molar-refractivity contribution < 1.29 is 24.5 Å². The van der Waals surface area contributed by atoms with Crippen molar-refractivity contribution in [2.24, 2.45) is 0 Å². The van der Waals surface area contributed by atoms with Gasteiger partial charge in [-0.05, 0) is 70.6 Å². The Balaban J connectivity index is 4.62. The summed E-state index contributed by atoms with van der Waals surface area (Å²) in [5.41, 5.74) is 0. The highest BCUT2D eigenvalue weighted by atomic mass is 16.5. The third-order valence-electron chi connectivity index (χ3n) is 12.4. The molecule has 3 atom stereocenters. The number of hydrogen-bond donors (Lipinski definition) is 3. The number of ether oxygens (including phenoxy) is 1. The summed E-state index contributed by atoms with van der Waals surface area (Å²) in [7, 11) is 0. The van der Waals surface area contributed by atoms with E-state index in [1.807, 2.05) is 0 Å². The van der Waals surface area contributed by atoms with Gasteiger partial charge in [0.2, 0.25) is 5.91 Å². The van der Waals surface area contributed by atoms with Gasteiger partial charge in [-0.1, -0.05) is 243 Å². The molecule has 3 N–H and O–H groups in total. The van der Waals surface area contributed by atoms with Gasteiger partial charge in [-0.3, -0.25) is 9.59 Å². The molecule has 0 rings (SSSR count). The Kier molecular flexibility index (Phi) is 49.1. The van der Waals surface area contributed by atoms with E-state index in [1.165, 1.54) is 167 Å². The Hall–Kier alpha value is -2.18. The predicted molar refractivity (Wildman–Crippen MR) is 273 cm³/mol. The molecule has 0 aliphatic heterocycles. The first-order chi connectivity index (χ1) is 31.0. The van der Waals surface area contributed by atoms with Gasteiger partial charge < -0.3 is 20.3 Å². The first-order valence-corrected chi connectivity index (χ1v) is 27.4. The van der Waals surface area contributed by atoms with Gasteiger partial charge in [-0.2, -0.15) is 0 Å². The smallest absolute Gasteiger partial charge is 0.306 e. The Bertz CT molecular complexity index is 1080. The van der Waals surface area contributed by atoms with Crippen molar-refractivity contribution in [3.05, 3.63) is 48.6 Å². The largest absolute Gasteiger partial charge is 0.462 e. The van der Waals surface area contributed by atoms with Crippen LogP contribution in [0.1, 0.15) is 278 Å². The maximum atomic E-state index is 13.2. The molecule has 0 aromatic carbocycles. The molecule has 1 amide bonds. The van der Waals surface area contributed by atoms with Crippen LogP contribution < -0.4 is 5.32 Å². The van der Waals surface area contributed by atoms with Crippen LogP contribution in [-0.2, 0) is 14.3 Å². The topological polar surface area (TPSA) is 95.9 Å². The molecule has 0 radical (unpaired) electrons. The molecule has 6 heteroatoms. The van der Waals surface area contributed by atoms with Crippen molar-refractivity contribution in [1.29, 1.82) is 0 Å². The summed E-state index contributed by atoms with van der Waals surface area (Å²) >= 11 is 0. The minimum Gasteiger partial charge on any atom is -0.462 e. The highest BCUT2D eigenvalue weighted by molar-refractivity contribution is 5.77. The molecule has 0 fully saturated rings. The van der Waals surface area contributed by atoms with Gasteiger partial charge in [0.15, 0.2) is 0 Å². The maximum Gasteiger partial charge on any atom is 0.306 e. The molecule has 0 bridgehead atoms. The number of carbonyl (C=O) groups is 2. The van der Waals surface area contributed by atoms with Crippen molar-refractivity contribution >= 4 is 11.9 Å². The fourth-order valence-electron chi connectivity index (χ4n) is 8.24. The lowest BCUT2D eigenvalue weighted by atomic mass is 10.0. The number of aliphatic hydroxyl groups excluding tert-OH is 2. The van der Waals surface area contributed by atoms with Crippen molar-refractivity contribution in [3.63, 3.8) is 0 Å². The van der Waals surface area contributed by atoms with Crippen LogP contribution in [-0.4, -0.2) is 46.9 Å². The van der Waals surface area contributed by atoms with E-state index in [0.29, 0.717) is 19.3 Å². The third-order valence-corrected chi connectivity index (χ3v) is 12.4. The van der Waals surface area contributed by atoms with Crippen LogP contribution in [0.15, 0.2) is 48.6 Å².